The first kappa shape index (κ1) is 16.1. The molecule has 3 rings (SSSR count). The summed E-state index contributed by atoms with van der Waals surface area (Å²) in [5, 5.41) is 9.01. The van der Waals surface area contributed by atoms with Crippen molar-refractivity contribution in [2.45, 2.75) is 12.8 Å². The average Bonchev–Trinajstić information content (AvgIpc) is 2.63. The molecule has 5 nitrogen and oxygen atoms in total. The number of carboxylic acids is 1. The third-order valence-electron chi connectivity index (χ3n) is 4.21. The number of hydrogen-bond acceptors (Lipinski definition) is 3. The second-order valence-corrected chi connectivity index (χ2v) is 5.84. The fraction of sp³-hybridized carbons (Fsp3) is 0.263. The summed E-state index contributed by atoms with van der Waals surface area (Å²) in [6, 6.07) is 16.5. The predicted molar refractivity (Wildman–Crippen MR) is 89.2 cm³/mol. The van der Waals surface area contributed by atoms with Crippen molar-refractivity contribution < 1.29 is 19.4 Å². The molecule has 2 aromatic carbocycles. The van der Waals surface area contributed by atoms with Gasteiger partial charge in [0.25, 0.3) is 5.91 Å². The molecule has 0 aromatic heterocycles. The van der Waals surface area contributed by atoms with Gasteiger partial charge in [0.05, 0.1) is 5.92 Å². The van der Waals surface area contributed by atoms with Gasteiger partial charge in [-0.1, -0.05) is 18.2 Å². The van der Waals surface area contributed by atoms with Crippen LogP contribution in [0.3, 0.4) is 0 Å². The molecular formula is C19H19NO4. The van der Waals surface area contributed by atoms with E-state index in [1.165, 1.54) is 0 Å². The third kappa shape index (κ3) is 3.74. The topological polar surface area (TPSA) is 66.8 Å². The Hall–Kier alpha value is -2.82. The molecule has 1 fully saturated rings. The predicted octanol–water partition coefficient (Wildman–Crippen LogP) is 3.42. The van der Waals surface area contributed by atoms with Crippen molar-refractivity contribution in [1.29, 1.82) is 0 Å². The van der Waals surface area contributed by atoms with E-state index in [0.717, 1.165) is 5.75 Å². The van der Waals surface area contributed by atoms with E-state index in [9.17, 15) is 9.59 Å². The van der Waals surface area contributed by atoms with Gasteiger partial charge in [0.2, 0.25) is 0 Å². The number of rotatable bonds is 4. The normalized spacial score (nSPS) is 15.1. The van der Waals surface area contributed by atoms with Crippen molar-refractivity contribution >= 4 is 11.9 Å². The zero-order chi connectivity index (χ0) is 16.9. The molecule has 0 saturated carbocycles. The smallest absolute Gasteiger partial charge is 0.306 e. The quantitative estimate of drug-likeness (QED) is 0.935. The first-order valence-corrected chi connectivity index (χ1v) is 7.98. The summed E-state index contributed by atoms with van der Waals surface area (Å²) in [7, 11) is 0. The number of carbonyl (C=O) groups is 2. The fourth-order valence-electron chi connectivity index (χ4n) is 2.80. The molecule has 24 heavy (non-hydrogen) atoms. The van der Waals surface area contributed by atoms with Gasteiger partial charge in [-0.15, -0.1) is 0 Å². The first-order valence-electron chi connectivity index (χ1n) is 7.98. The molecule has 0 spiro atoms. The van der Waals surface area contributed by atoms with Crippen LogP contribution in [0.2, 0.25) is 0 Å². The average molecular weight is 325 g/mol. The number of nitrogens with zero attached hydrogens (tertiary/aromatic N) is 1. The van der Waals surface area contributed by atoms with E-state index >= 15 is 0 Å². The maximum Gasteiger partial charge on any atom is 0.306 e. The number of carbonyl (C=O) groups excluding carboxylic acids is 1. The maximum absolute atomic E-state index is 12.5. The van der Waals surface area contributed by atoms with Crippen molar-refractivity contribution in [2.24, 2.45) is 5.92 Å². The number of aliphatic carboxylic acids is 1. The van der Waals surface area contributed by atoms with Gasteiger partial charge in [-0.3, -0.25) is 9.59 Å². The molecule has 1 amide bonds. The van der Waals surface area contributed by atoms with E-state index in [2.05, 4.69) is 0 Å². The Morgan fingerprint density at radius 1 is 0.917 bits per heavy atom. The molecular weight excluding hydrogens is 306 g/mol. The number of para-hydroxylation sites is 1. The third-order valence-corrected chi connectivity index (χ3v) is 4.21. The lowest BCUT2D eigenvalue weighted by Crippen LogP contribution is -2.40. The summed E-state index contributed by atoms with van der Waals surface area (Å²) in [5.41, 5.74) is 0.587. The number of benzene rings is 2. The minimum atomic E-state index is -0.774. The largest absolute Gasteiger partial charge is 0.481 e. The Balaban J connectivity index is 1.61. The summed E-state index contributed by atoms with van der Waals surface area (Å²) >= 11 is 0. The lowest BCUT2D eigenvalue weighted by Gasteiger charge is -2.30. The molecule has 1 saturated heterocycles. The molecule has 0 bridgehead atoms. The monoisotopic (exact) mass is 325 g/mol. The summed E-state index contributed by atoms with van der Waals surface area (Å²) in [6.45, 7) is 0.968. The molecule has 0 atom stereocenters. The summed E-state index contributed by atoms with van der Waals surface area (Å²) in [5.74, 6) is 0.236. The van der Waals surface area contributed by atoms with Crippen LogP contribution < -0.4 is 4.74 Å². The highest BCUT2D eigenvalue weighted by Crippen LogP contribution is 2.23. The van der Waals surface area contributed by atoms with Crippen LogP contribution in [-0.4, -0.2) is 35.0 Å². The van der Waals surface area contributed by atoms with Crippen molar-refractivity contribution in [3.05, 3.63) is 60.2 Å². The van der Waals surface area contributed by atoms with Crippen molar-refractivity contribution in [3.8, 4) is 11.5 Å². The summed E-state index contributed by atoms with van der Waals surface area (Å²) in [4.78, 5) is 25.2. The lowest BCUT2D eigenvalue weighted by atomic mass is 9.96. The number of hydrogen-bond donors (Lipinski definition) is 1. The van der Waals surface area contributed by atoms with Gasteiger partial charge in [-0.2, -0.15) is 0 Å². The van der Waals surface area contributed by atoms with Crippen molar-refractivity contribution in [2.75, 3.05) is 13.1 Å². The van der Waals surface area contributed by atoms with E-state index in [4.69, 9.17) is 9.84 Å². The van der Waals surface area contributed by atoms with E-state index in [1.807, 2.05) is 30.3 Å². The van der Waals surface area contributed by atoms with Gasteiger partial charge in [-0.05, 0) is 49.2 Å². The highest BCUT2D eigenvalue weighted by Gasteiger charge is 2.27. The number of ether oxygens (including phenoxy) is 1. The van der Waals surface area contributed by atoms with Crippen LogP contribution in [-0.2, 0) is 4.79 Å². The first-order chi connectivity index (χ1) is 11.6. The SMILES string of the molecule is O=C(O)C1CCN(C(=O)c2ccc(Oc3ccccc3)cc2)CC1. The van der Waals surface area contributed by atoms with Crippen LogP contribution >= 0.6 is 0 Å². The van der Waals surface area contributed by atoms with Gasteiger partial charge in [-0.25, -0.2) is 0 Å². The van der Waals surface area contributed by atoms with E-state index < -0.39 is 5.97 Å². The molecule has 124 valence electrons. The van der Waals surface area contributed by atoms with Gasteiger partial charge < -0.3 is 14.7 Å². The van der Waals surface area contributed by atoms with Crippen LogP contribution in [0.5, 0.6) is 11.5 Å². The van der Waals surface area contributed by atoms with Crippen LogP contribution in [0.25, 0.3) is 0 Å². The molecule has 1 aliphatic rings. The van der Waals surface area contributed by atoms with Gasteiger partial charge in [0.1, 0.15) is 11.5 Å². The Bertz CT molecular complexity index is 704. The Morgan fingerprint density at radius 2 is 1.50 bits per heavy atom. The Labute approximate surface area is 140 Å². The van der Waals surface area contributed by atoms with E-state index in [1.54, 1.807) is 29.2 Å². The fourth-order valence-corrected chi connectivity index (χ4v) is 2.80. The molecule has 0 unspecified atom stereocenters. The maximum atomic E-state index is 12.5. The Kier molecular flexibility index (Phi) is 4.79. The van der Waals surface area contributed by atoms with Gasteiger partial charge in [0.15, 0.2) is 0 Å². The highest BCUT2D eigenvalue weighted by atomic mass is 16.5. The minimum Gasteiger partial charge on any atom is -0.481 e. The Morgan fingerprint density at radius 3 is 2.08 bits per heavy atom. The molecule has 2 aromatic rings. The van der Waals surface area contributed by atoms with Crippen LogP contribution in [0.1, 0.15) is 23.2 Å². The second-order valence-electron chi connectivity index (χ2n) is 5.84. The van der Waals surface area contributed by atoms with Crippen molar-refractivity contribution in [3.63, 3.8) is 0 Å². The molecule has 1 aliphatic heterocycles. The molecule has 1 heterocycles. The van der Waals surface area contributed by atoms with Crippen LogP contribution in [0.15, 0.2) is 54.6 Å². The summed E-state index contributed by atoms with van der Waals surface area (Å²) in [6.07, 6.45) is 1.02. The van der Waals surface area contributed by atoms with Crippen LogP contribution in [0.4, 0.5) is 0 Å². The number of amides is 1. The number of likely N-dealkylation sites (tertiary alicyclic amines) is 1. The molecule has 1 N–H and O–H groups in total. The van der Waals surface area contributed by atoms with Gasteiger partial charge >= 0.3 is 5.97 Å². The molecule has 5 heteroatoms. The van der Waals surface area contributed by atoms with Crippen molar-refractivity contribution in [1.82, 2.24) is 4.90 Å². The second kappa shape index (κ2) is 7.17. The van der Waals surface area contributed by atoms with E-state index in [-0.39, 0.29) is 11.8 Å². The zero-order valence-corrected chi connectivity index (χ0v) is 13.2. The number of piperidine rings is 1. The molecule has 0 aliphatic carbocycles. The van der Waals surface area contributed by atoms with Gasteiger partial charge in [0, 0.05) is 18.7 Å². The molecule has 0 radical (unpaired) electrons. The zero-order valence-electron chi connectivity index (χ0n) is 13.2. The minimum absolute atomic E-state index is 0.0647. The number of carboxylic acid groups (broad SMARTS) is 1. The standard InChI is InChI=1S/C19H19NO4/c21-18(20-12-10-15(11-13-20)19(22)23)14-6-8-17(9-7-14)24-16-4-2-1-3-5-16/h1-9,15H,10-13H2,(H,22,23). The highest BCUT2D eigenvalue weighted by molar-refractivity contribution is 5.94. The summed E-state index contributed by atoms with van der Waals surface area (Å²) < 4.78 is 5.71. The van der Waals surface area contributed by atoms with Crippen LogP contribution in [0, 0.1) is 5.92 Å². The lowest BCUT2D eigenvalue weighted by molar-refractivity contribution is -0.143. The van der Waals surface area contributed by atoms with E-state index in [0.29, 0.717) is 37.2 Å².